The molecule has 0 saturated heterocycles. The fourth-order valence-electron chi connectivity index (χ4n) is 2.11. The smallest absolute Gasteiger partial charge is 0.392 e. The van der Waals surface area contributed by atoms with Crippen molar-refractivity contribution in [3.63, 3.8) is 0 Å². The minimum Gasteiger partial charge on any atom is -0.392 e. The Morgan fingerprint density at radius 2 is 1.44 bits per heavy atom. The van der Waals surface area contributed by atoms with Gasteiger partial charge in [0.05, 0.1) is 11.1 Å². The molecule has 0 aliphatic carbocycles. The molecule has 1 aromatic carbocycles. The van der Waals surface area contributed by atoms with Gasteiger partial charge in [0, 0.05) is 5.56 Å². The largest absolute Gasteiger partial charge is 0.435 e. The van der Waals surface area contributed by atoms with E-state index < -0.39 is 58.0 Å². The number of hydrogen-bond donors (Lipinski definition) is 2. The third-order valence-electron chi connectivity index (χ3n) is 3.31. The SMILES string of the molecule is Nc1c(C(F)(F)F)nc(-c2cc(C(F)(F)F)ccc2C(F)(F)F)n(N)c1=O. The van der Waals surface area contributed by atoms with Gasteiger partial charge in [0.1, 0.15) is 5.69 Å². The van der Waals surface area contributed by atoms with Gasteiger partial charge in [-0.1, -0.05) is 0 Å². The Morgan fingerprint density at radius 1 is 0.889 bits per heavy atom. The molecule has 148 valence electrons. The van der Waals surface area contributed by atoms with E-state index in [4.69, 9.17) is 11.6 Å². The van der Waals surface area contributed by atoms with Gasteiger partial charge in [-0.05, 0) is 18.2 Å². The maximum absolute atomic E-state index is 13.1. The average Bonchev–Trinajstić information content (AvgIpc) is 2.49. The van der Waals surface area contributed by atoms with E-state index in [1.807, 2.05) is 0 Å². The number of alkyl halides is 9. The van der Waals surface area contributed by atoms with Gasteiger partial charge in [-0.15, -0.1) is 0 Å². The molecule has 4 N–H and O–H groups in total. The second-order valence-corrected chi connectivity index (χ2v) is 5.13. The van der Waals surface area contributed by atoms with Crippen molar-refractivity contribution in [2.75, 3.05) is 11.6 Å². The van der Waals surface area contributed by atoms with Gasteiger partial charge in [-0.2, -0.15) is 39.5 Å². The predicted molar refractivity (Wildman–Crippen MR) is 73.5 cm³/mol. The zero-order chi connectivity index (χ0) is 20.9. The Labute approximate surface area is 143 Å². The summed E-state index contributed by atoms with van der Waals surface area (Å²) in [6.45, 7) is 0. The van der Waals surface area contributed by atoms with Gasteiger partial charge < -0.3 is 11.6 Å². The zero-order valence-electron chi connectivity index (χ0n) is 12.6. The van der Waals surface area contributed by atoms with Crippen molar-refractivity contribution in [2.45, 2.75) is 18.5 Å². The molecule has 0 unspecified atom stereocenters. The molecule has 27 heavy (non-hydrogen) atoms. The molecule has 0 spiro atoms. The Hall–Kier alpha value is -2.93. The highest BCUT2D eigenvalue weighted by Crippen LogP contribution is 2.40. The highest BCUT2D eigenvalue weighted by atomic mass is 19.4. The second kappa shape index (κ2) is 6.06. The molecular weight excluding hydrogens is 399 g/mol. The quantitative estimate of drug-likeness (QED) is 0.562. The Balaban J connectivity index is 2.96. The minimum absolute atomic E-state index is 0.00602. The van der Waals surface area contributed by atoms with Crippen LogP contribution < -0.4 is 17.1 Å². The molecule has 0 aliphatic heterocycles. The maximum atomic E-state index is 13.1. The molecule has 0 radical (unpaired) electrons. The fourth-order valence-corrected chi connectivity index (χ4v) is 2.11. The number of nitrogen functional groups attached to an aromatic ring is 2. The van der Waals surface area contributed by atoms with E-state index in [1.54, 1.807) is 0 Å². The van der Waals surface area contributed by atoms with Crippen LogP contribution in [0.15, 0.2) is 23.0 Å². The first-order chi connectivity index (χ1) is 12.0. The van der Waals surface area contributed by atoms with Gasteiger partial charge in [-0.25, -0.2) is 9.66 Å². The lowest BCUT2D eigenvalue weighted by atomic mass is 10.0. The predicted octanol–water partition coefficient (Wildman–Crippen LogP) is 3.26. The van der Waals surface area contributed by atoms with E-state index in [1.165, 1.54) is 0 Å². The zero-order valence-corrected chi connectivity index (χ0v) is 12.6. The van der Waals surface area contributed by atoms with E-state index in [-0.39, 0.29) is 22.9 Å². The molecule has 0 fully saturated rings. The summed E-state index contributed by atoms with van der Waals surface area (Å²) in [6, 6.07) is -0.0362. The average molecular weight is 406 g/mol. The molecule has 0 atom stereocenters. The summed E-state index contributed by atoms with van der Waals surface area (Å²) < 4.78 is 116. The first-order valence-electron chi connectivity index (χ1n) is 6.58. The van der Waals surface area contributed by atoms with Gasteiger partial charge in [0.2, 0.25) is 0 Å². The van der Waals surface area contributed by atoms with Crippen LogP contribution in [0.4, 0.5) is 45.2 Å². The van der Waals surface area contributed by atoms with E-state index in [0.29, 0.717) is 0 Å². The lowest BCUT2D eigenvalue weighted by Gasteiger charge is -2.18. The summed E-state index contributed by atoms with van der Waals surface area (Å²) in [5, 5.41) is 0. The Kier molecular flexibility index (Phi) is 4.57. The van der Waals surface area contributed by atoms with Crippen molar-refractivity contribution < 1.29 is 39.5 Å². The van der Waals surface area contributed by atoms with E-state index in [0.717, 1.165) is 0 Å². The maximum Gasteiger partial charge on any atom is 0.435 e. The van der Waals surface area contributed by atoms with Gasteiger partial charge in [-0.3, -0.25) is 4.79 Å². The molecule has 0 saturated carbocycles. The summed E-state index contributed by atoms with van der Waals surface area (Å²) >= 11 is 0. The van der Waals surface area contributed by atoms with Crippen LogP contribution in [0.2, 0.25) is 0 Å². The van der Waals surface area contributed by atoms with Gasteiger partial charge in [0.25, 0.3) is 5.56 Å². The molecular formula is C13H7F9N4O. The molecule has 1 aromatic heterocycles. The van der Waals surface area contributed by atoms with E-state index in [9.17, 15) is 44.3 Å². The van der Waals surface area contributed by atoms with Gasteiger partial charge in [0.15, 0.2) is 11.5 Å². The number of rotatable bonds is 1. The lowest BCUT2D eigenvalue weighted by molar-refractivity contribution is -0.141. The molecule has 1 heterocycles. The second-order valence-electron chi connectivity index (χ2n) is 5.13. The van der Waals surface area contributed by atoms with Crippen molar-refractivity contribution in [3.8, 4) is 11.4 Å². The summed E-state index contributed by atoms with van der Waals surface area (Å²) in [6.07, 6.45) is -15.8. The number of anilines is 1. The molecule has 0 amide bonds. The normalized spacial score (nSPS) is 13.1. The van der Waals surface area contributed by atoms with Crippen LogP contribution in [-0.4, -0.2) is 9.66 Å². The summed E-state index contributed by atoms with van der Waals surface area (Å²) in [7, 11) is 0. The molecule has 5 nitrogen and oxygen atoms in total. The van der Waals surface area contributed by atoms with E-state index in [2.05, 4.69) is 4.98 Å². The molecule has 0 bridgehead atoms. The lowest BCUT2D eigenvalue weighted by Crippen LogP contribution is -2.35. The summed E-state index contributed by atoms with van der Waals surface area (Å²) in [4.78, 5) is 14.5. The van der Waals surface area contributed by atoms with Crippen LogP contribution in [0.25, 0.3) is 11.4 Å². The van der Waals surface area contributed by atoms with Crippen molar-refractivity contribution in [1.29, 1.82) is 0 Å². The van der Waals surface area contributed by atoms with Crippen LogP contribution in [-0.2, 0) is 18.5 Å². The van der Waals surface area contributed by atoms with Gasteiger partial charge >= 0.3 is 18.5 Å². The monoisotopic (exact) mass is 406 g/mol. The Bertz CT molecular complexity index is 941. The number of nitrogens with zero attached hydrogens (tertiary/aromatic N) is 2. The number of aromatic nitrogens is 2. The van der Waals surface area contributed by atoms with E-state index >= 15 is 0 Å². The number of nitrogens with two attached hydrogens (primary N) is 2. The van der Waals surface area contributed by atoms with Crippen molar-refractivity contribution >= 4 is 5.69 Å². The van der Waals surface area contributed by atoms with Crippen LogP contribution in [0, 0.1) is 0 Å². The molecule has 2 rings (SSSR count). The third-order valence-corrected chi connectivity index (χ3v) is 3.31. The van der Waals surface area contributed by atoms with Crippen LogP contribution in [0.5, 0.6) is 0 Å². The Morgan fingerprint density at radius 3 is 1.89 bits per heavy atom. The first-order valence-corrected chi connectivity index (χ1v) is 6.58. The third kappa shape index (κ3) is 3.78. The fraction of sp³-hybridized carbons (Fsp3) is 0.231. The minimum atomic E-state index is -5.37. The highest BCUT2D eigenvalue weighted by molar-refractivity contribution is 5.65. The first kappa shape index (κ1) is 20.4. The topological polar surface area (TPSA) is 86.9 Å². The highest BCUT2D eigenvalue weighted by Gasteiger charge is 2.41. The number of benzene rings is 1. The molecule has 0 aliphatic rings. The summed E-state index contributed by atoms with van der Waals surface area (Å²) in [5.41, 5.74) is -5.30. The number of hydrogen-bond acceptors (Lipinski definition) is 4. The summed E-state index contributed by atoms with van der Waals surface area (Å²) in [5.74, 6) is 3.66. The molecule has 14 heteroatoms. The standard InChI is InChI=1S/C13H7F9N4O/c14-11(15,16)4-1-2-6(12(17,18)19)5(3-4)9-25-8(13(20,21)22)7(23)10(27)26(9)24/h1-3H,23-24H2. The van der Waals surface area contributed by atoms with Crippen LogP contribution in [0.3, 0.4) is 0 Å². The van der Waals surface area contributed by atoms with Crippen molar-refractivity contribution in [1.82, 2.24) is 9.66 Å². The van der Waals surface area contributed by atoms with Crippen LogP contribution in [0.1, 0.15) is 16.8 Å². The van der Waals surface area contributed by atoms with Crippen LogP contribution >= 0.6 is 0 Å². The van der Waals surface area contributed by atoms with Crippen molar-refractivity contribution in [3.05, 3.63) is 45.4 Å². The molecule has 2 aromatic rings. The van der Waals surface area contributed by atoms with Crippen molar-refractivity contribution in [2.24, 2.45) is 0 Å². The number of halogens is 9.